The van der Waals surface area contributed by atoms with E-state index in [2.05, 4.69) is 5.10 Å². The zero-order chi connectivity index (χ0) is 15.6. The average Bonchev–Trinajstić information content (AvgIpc) is 2.77. The molecule has 0 saturated heterocycles. The number of hydrogen-bond donors (Lipinski definition) is 0. The fraction of sp³-hybridized carbons (Fsp3) is 0.333. The molecule has 0 spiro atoms. The van der Waals surface area contributed by atoms with Crippen LogP contribution in [0.5, 0.6) is 0 Å². The summed E-state index contributed by atoms with van der Waals surface area (Å²) >= 11 is 5.66. The summed E-state index contributed by atoms with van der Waals surface area (Å²) in [7, 11) is 1.79. The summed E-state index contributed by atoms with van der Waals surface area (Å²) in [4.78, 5) is 13.4. The molecule has 1 aromatic carbocycles. The van der Waals surface area contributed by atoms with Crippen LogP contribution in [0.3, 0.4) is 0 Å². The van der Waals surface area contributed by atoms with Gasteiger partial charge in [-0.15, -0.1) is 11.6 Å². The molecule has 1 aromatic heterocycles. The second-order valence-electron chi connectivity index (χ2n) is 4.92. The van der Waals surface area contributed by atoms with Crippen molar-refractivity contribution in [2.24, 2.45) is 7.05 Å². The minimum atomic E-state index is -0.408. The van der Waals surface area contributed by atoms with Crippen LogP contribution in [-0.4, -0.2) is 21.6 Å². The smallest absolute Gasteiger partial charge is 0.242 e. The van der Waals surface area contributed by atoms with E-state index in [1.807, 2.05) is 13.0 Å². The zero-order valence-electron chi connectivity index (χ0n) is 12.2. The third-order valence-corrected chi connectivity index (χ3v) is 3.53. The summed E-state index contributed by atoms with van der Waals surface area (Å²) < 4.78 is 16.0. The Labute approximate surface area is 128 Å². The summed E-state index contributed by atoms with van der Waals surface area (Å²) in [6.07, 6.45) is 0. The topological polar surface area (TPSA) is 38.1 Å². The first-order valence-electron chi connectivity index (χ1n) is 6.55. The van der Waals surface area contributed by atoms with Gasteiger partial charge < -0.3 is 4.90 Å². The summed E-state index contributed by atoms with van der Waals surface area (Å²) in [5.41, 5.74) is 2.38. The van der Waals surface area contributed by atoms with Crippen LogP contribution in [0.2, 0.25) is 0 Å². The van der Waals surface area contributed by atoms with E-state index in [1.165, 1.54) is 4.90 Å². The van der Waals surface area contributed by atoms with E-state index in [4.69, 9.17) is 11.6 Å². The Morgan fingerprint density at radius 1 is 1.43 bits per heavy atom. The normalized spacial score (nSPS) is 10.7. The van der Waals surface area contributed by atoms with E-state index in [9.17, 15) is 9.18 Å². The van der Waals surface area contributed by atoms with Crippen LogP contribution in [0.15, 0.2) is 24.3 Å². The number of benzene rings is 1. The van der Waals surface area contributed by atoms with Gasteiger partial charge in [0.25, 0.3) is 0 Å². The summed E-state index contributed by atoms with van der Waals surface area (Å²) in [6.45, 7) is 3.75. The molecule has 6 heteroatoms. The molecule has 0 fully saturated rings. The molecule has 0 bridgehead atoms. The third kappa shape index (κ3) is 3.24. The van der Waals surface area contributed by atoms with Crippen LogP contribution < -0.4 is 4.90 Å². The van der Waals surface area contributed by atoms with Crippen molar-refractivity contribution >= 4 is 23.2 Å². The molecule has 1 amide bonds. The van der Waals surface area contributed by atoms with Crippen molar-refractivity contribution in [3.05, 3.63) is 47.0 Å². The Morgan fingerprint density at radius 3 is 2.71 bits per heavy atom. The van der Waals surface area contributed by atoms with Gasteiger partial charge in [0.05, 0.1) is 23.6 Å². The maximum absolute atomic E-state index is 14.3. The lowest BCUT2D eigenvalue weighted by molar-refractivity contribution is -0.116. The molecule has 0 atom stereocenters. The predicted molar refractivity (Wildman–Crippen MR) is 81.0 cm³/mol. The minimum Gasteiger partial charge on any atom is -0.303 e. The lowest BCUT2D eigenvalue weighted by Crippen LogP contribution is -2.33. The number of alkyl halides is 1. The molecule has 0 aliphatic rings. The quantitative estimate of drug-likeness (QED) is 0.814. The number of amides is 1. The van der Waals surface area contributed by atoms with Gasteiger partial charge in [-0.05, 0) is 31.5 Å². The lowest BCUT2D eigenvalue weighted by Gasteiger charge is -2.23. The lowest BCUT2D eigenvalue weighted by atomic mass is 10.2. The highest BCUT2D eigenvalue weighted by atomic mass is 35.5. The number of carbonyl (C=O) groups is 1. The molecule has 2 rings (SSSR count). The van der Waals surface area contributed by atoms with Gasteiger partial charge in [-0.25, -0.2) is 4.39 Å². The second kappa shape index (κ2) is 6.26. The molecule has 0 N–H and O–H groups in total. The van der Waals surface area contributed by atoms with Gasteiger partial charge in [0.2, 0.25) is 5.91 Å². The number of nitrogens with zero attached hydrogens (tertiary/aromatic N) is 3. The van der Waals surface area contributed by atoms with Gasteiger partial charge in [-0.3, -0.25) is 9.48 Å². The molecule has 2 aromatic rings. The SMILES string of the molecule is Cc1cc(CN(C(=O)CCl)c2cccc(C)c2F)n(C)n1. The molecular weight excluding hydrogens is 293 g/mol. The molecule has 112 valence electrons. The van der Waals surface area contributed by atoms with Crippen molar-refractivity contribution in [2.75, 3.05) is 10.8 Å². The standard InChI is InChI=1S/C15H17ClFN3O/c1-10-5-4-6-13(15(10)17)20(14(21)8-16)9-12-7-11(2)18-19(12)3/h4-7H,8-9H2,1-3H3. The Kier molecular flexibility index (Phi) is 4.63. The highest BCUT2D eigenvalue weighted by molar-refractivity contribution is 6.29. The molecule has 21 heavy (non-hydrogen) atoms. The number of hydrogen-bond acceptors (Lipinski definition) is 2. The number of carbonyl (C=O) groups excluding carboxylic acids is 1. The van der Waals surface area contributed by atoms with Crippen molar-refractivity contribution in [1.29, 1.82) is 0 Å². The molecular formula is C15H17ClFN3O. The van der Waals surface area contributed by atoms with Crippen LogP contribution in [0.1, 0.15) is 17.0 Å². The van der Waals surface area contributed by atoms with E-state index in [0.717, 1.165) is 11.4 Å². The molecule has 0 saturated carbocycles. The second-order valence-corrected chi connectivity index (χ2v) is 5.19. The van der Waals surface area contributed by atoms with Crippen molar-refractivity contribution < 1.29 is 9.18 Å². The number of anilines is 1. The first-order valence-corrected chi connectivity index (χ1v) is 7.08. The van der Waals surface area contributed by atoms with Crippen LogP contribution >= 0.6 is 11.6 Å². The molecule has 0 radical (unpaired) electrons. The molecule has 1 heterocycles. The number of halogens is 2. The molecule has 0 unspecified atom stereocenters. The van der Waals surface area contributed by atoms with Gasteiger partial charge in [-0.2, -0.15) is 5.10 Å². The number of rotatable bonds is 4. The Morgan fingerprint density at radius 2 is 2.14 bits per heavy atom. The molecule has 0 aliphatic carbocycles. The zero-order valence-corrected chi connectivity index (χ0v) is 13.0. The van der Waals surface area contributed by atoms with Crippen LogP contribution in [0, 0.1) is 19.7 Å². The molecule has 0 aliphatic heterocycles. The fourth-order valence-corrected chi connectivity index (χ4v) is 2.34. The van der Waals surface area contributed by atoms with E-state index in [1.54, 1.807) is 36.9 Å². The highest BCUT2D eigenvalue weighted by Gasteiger charge is 2.21. The largest absolute Gasteiger partial charge is 0.303 e. The fourth-order valence-electron chi connectivity index (χ4n) is 2.19. The predicted octanol–water partition coefficient (Wildman–Crippen LogP) is 2.95. The highest BCUT2D eigenvalue weighted by Crippen LogP contribution is 2.24. The van der Waals surface area contributed by atoms with E-state index in [0.29, 0.717) is 5.56 Å². The van der Waals surface area contributed by atoms with Gasteiger partial charge in [0.15, 0.2) is 0 Å². The minimum absolute atomic E-state index is 0.204. The average molecular weight is 310 g/mol. The first kappa shape index (κ1) is 15.5. The van der Waals surface area contributed by atoms with Crippen molar-refractivity contribution in [3.63, 3.8) is 0 Å². The monoisotopic (exact) mass is 309 g/mol. The molecule has 4 nitrogen and oxygen atoms in total. The van der Waals surface area contributed by atoms with Crippen molar-refractivity contribution in [2.45, 2.75) is 20.4 Å². The van der Waals surface area contributed by atoms with Gasteiger partial charge in [0, 0.05) is 7.05 Å². The van der Waals surface area contributed by atoms with E-state index >= 15 is 0 Å². The van der Waals surface area contributed by atoms with Gasteiger partial charge >= 0.3 is 0 Å². The van der Waals surface area contributed by atoms with Gasteiger partial charge in [0.1, 0.15) is 11.7 Å². The number of aryl methyl sites for hydroxylation is 3. The van der Waals surface area contributed by atoms with Crippen LogP contribution in [0.4, 0.5) is 10.1 Å². The summed E-state index contributed by atoms with van der Waals surface area (Å²) in [5.74, 6) is -0.959. The van der Waals surface area contributed by atoms with Crippen LogP contribution in [-0.2, 0) is 18.4 Å². The first-order chi connectivity index (χ1) is 9.93. The maximum atomic E-state index is 14.3. The van der Waals surface area contributed by atoms with E-state index in [-0.39, 0.29) is 24.0 Å². The Hall–Kier alpha value is -1.88. The Bertz CT molecular complexity index is 669. The van der Waals surface area contributed by atoms with E-state index < -0.39 is 5.82 Å². The summed E-state index contributed by atoms with van der Waals surface area (Å²) in [6, 6.07) is 6.82. The van der Waals surface area contributed by atoms with Crippen molar-refractivity contribution in [1.82, 2.24) is 9.78 Å². The summed E-state index contributed by atoms with van der Waals surface area (Å²) in [5, 5.41) is 4.23. The third-order valence-electron chi connectivity index (χ3n) is 3.30. The maximum Gasteiger partial charge on any atom is 0.242 e. The number of aromatic nitrogens is 2. The van der Waals surface area contributed by atoms with Gasteiger partial charge in [-0.1, -0.05) is 12.1 Å². The van der Waals surface area contributed by atoms with Crippen molar-refractivity contribution in [3.8, 4) is 0 Å². The van der Waals surface area contributed by atoms with Crippen LogP contribution in [0.25, 0.3) is 0 Å². The Balaban J connectivity index is 2.42.